The second-order valence-corrected chi connectivity index (χ2v) is 5.27. The molecule has 2 nitrogen and oxygen atoms in total. The maximum atomic E-state index is 5.74. The molecule has 3 rings (SSSR count). The number of fused-ring (bicyclic) bond motifs is 3. The first-order chi connectivity index (χ1) is 9.24. The monoisotopic (exact) mass is 253 g/mol. The van der Waals surface area contributed by atoms with Crippen molar-refractivity contribution in [3.8, 4) is 0 Å². The van der Waals surface area contributed by atoms with Crippen LogP contribution in [0.2, 0.25) is 0 Å². The molecule has 0 saturated heterocycles. The molecule has 0 amide bonds. The predicted molar refractivity (Wildman–Crippen MR) is 80.3 cm³/mol. The molecule has 19 heavy (non-hydrogen) atoms. The molecule has 0 saturated carbocycles. The van der Waals surface area contributed by atoms with Gasteiger partial charge < -0.3 is 9.30 Å². The van der Waals surface area contributed by atoms with Gasteiger partial charge in [0, 0.05) is 17.9 Å². The van der Waals surface area contributed by atoms with Gasteiger partial charge >= 0.3 is 0 Å². The minimum absolute atomic E-state index is 0.0600. The Balaban J connectivity index is 2.42. The Kier molecular flexibility index (Phi) is 3.03. The fraction of sp³-hybridized carbons (Fsp3) is 0.294. The van der Waals surface area contributed by atoms with Gasteiger partial charge in [0.15, 0.2) is 0 Å². The lowest BCUT2D eigenvalue weighted by atomic mass is 10.2. The van der Waals surface area contributed by atoms with Gasteiger partial charge in [-0.15, -0.1) is 0 Å². The zero-order chi connectivity index (χ0) is 13.4. The van der Waals surface area contributed by atoms with Gasteiger partial charge in [-0.25, -0.2) is 0 Å². The van der Waals surface area contributed by atoms with Crippen LogP contribution in [0.1, 0.15) is 20.1 Å². The third-order valence-electron chi connectivity index (χ3n) is 3.68. The molecule has 0 aliphatic heterocycles. The minimum atomic E-state index is 0.0600. The Morgan fingerprint density at radius 1 is 0.842 bits per heavy atom. The van der Waals surface area contributed by atoms with E-state index in [-0.39, 0.29) is 6.23 Å². The first-order valence-corrected chi connectivity index (χ1v) is 6.74. The summed E-state index contributed by atoms with van der Waals surface area (Å²) < 4.78 is 8.05. The maximum absolute atomic E-state index is 5.74. The summed E-state index contributed by atoms with van der Waals surface area (Å²) in [5.74, 6) is 0.421. The summed E-state index contributed by atoms with van der Waals surface area (Å²) in [5.41, 5.74) is 2.48. The number of hydrogen-bond acceptors (Lipinski definition) is 1. The van der Waals surface area contributed by atoms with Gasteiger partial charge in [0.2, 0.25) is 0 Å². The van der Waals surface area contributed by atoms with E-state index in [1.165, 1.54) is 21.8 Å². The highest BCUT2D eigenvalue weighted by Gasteiger charge is 2.19. The summed E-state index contributed by atoms with van der Waals surface area (Å²) in [6.45, 7) is 4.38. The smallest absolute Gasteiger partial charge is 0.136 e. The van der Waals surface area contributed by atoms with E-state index < -0.39 is 0 Å². The van der Waals surface area contributed by atoms with Crippen LogP contribution >= 0.6 is 0 Å². The molecule has 0 bridgehead atoms. The van der Waals surface area contributed by atoms with Gasteiger partial charge in [0.25, 0.3) is 0 Å². The third-order valence-corrected chi connectivity index (χ3v) is 3.68. The molecule has 0 unspecified atom stereocenters. The molecule has 0 spiro atoms. The first kappa shape index (κ1) is 12.2. The minimum Gasteiger partial charge on any atom is -0.361 e. The summed E-state index contributed by atoms with van der Waals surface area (Å²) in [7, 11) is 1.79. The molecule has 3 aromatic rings. The number of para-hydroxylation sites is 2. The van der Waals surface area contributed by atoms with Crippen LogP contribution in [0.25, 0.3) is 21.8 Å². The van der Waals surface area contributed by atoms with Crippen LogP contribution in [0, 0.1) is 5.92 Å². The molecule has 2 aromatic carbocycles. The Hall–Kier alpha value is -1.80. The van der Waals surface area contributed by atoms with Crippen molar-refractivity contribution >= 4 is 21.8 Å². The average Bonchev–Trinajstić information content (AvgIpc) is 2.75. The molecule has 0 radical (unpaired) electrons. The highest BCUT2D eigenvalue weighted by molar-refractivity contribution is 6.08. The van der Waals surface area contributed by atoms with Gasteiger partial charge in [-0.05, 0) is 18.1 Å². The number of nitrogens with zero attached hydrogens (tertiary/aromatic N) is 1. The molecule has 0 aliphatic rings. The van der Waals surface area contributed by atoms with E-state index in [9.17, 15) is 0 Å². The van der Waals surface area contributed by atoms with Crippen LogP contribution in [0.4, 0.5) is 0 Å². The zero-order valence-electron chi connectivity index (χ0n) is 11.6. The second kappa shape index (κ2) is 4.71. The lowest BCUT2D eigenvalue weighted by Gasteiger charge is -2.23. The summed E-state index contributed by atoms with van der Waals surface area (Å²) >= 11 is 0. The van der Waals surface area contributed by atoms with Crippen molar-refractivity contribution < 1.29 is 4.74 Å². The lowest BCUT2D eigenvalue weighted by molar-refractivity contribution is 0.0131. The quantitative estimate of drug-likeness (QED) is 0.665. The fourth-order valence-corrected chi connectivity index (χ4v) is 2.90. The van der Waals surface area contributed by atoms with Crippen LogP contribution in [0.3, 0.4) is 0 Å². The zero-order valence-corrected chi connectivity index (χ0v) is 11.6. The third kappa shape index (κ3) is 1.83. The SMILES string of the molecule is CO[C@H](C(C)C)n1c2ccccc2c2ccccc21. The highest BCUT2D eigenvalue weighted by atomic mass is 16.5. The largest absolute Gasteiger partial charge is 0.361 e. The molecular formula is C17H19NO. The first-order valence-electron chi connectivity index (χ1n) is 6.74. The second-order valence-electron chi connectivity index (χ2n) is 5.27. The Labute approximate surface area is 113 Å². The van der Waals surface area contributed by atoms with E-state index in [0.717, 1.165) is 0 Å². The molecule has 1 atom stereocenters. The highest BCUT2D eigenvalue weighted by Crippen LogP contribution is 2.34. The van der Waals surface area contributed by atoms with Crippen LogP contribution in [-0.4, -0.2) is 11.7 Å². The van der Waals surface area contributed by atoms with E-state index in [1.807, 2.05) is 0 Å². The standard InChI is InChI=1S/C17H19NO/c1-12(2)17(19-3)18-15-10-6-4-8-13(15)14-9-5-7-11-16(14)18/h4-12,17H,1-3H3/t17-/m1/s1. The number of rotatable bonds is 3. The summed E-state index contributed by atoms with van der Waals surface area (Å²) in [6.07, 6.45) is 0.0600. The summed E-state index contributed by atoms with van der Waals surface area (Å²) in [5, 5.41) is 2.58. The van der Waals surface area contributed by atoms with Gasteiger partial charge in [-0.2, -0.15) is 0 Å². The molecule has 2 heteroatoms. The van der Waals surface area contributed by atoms with E-state index in [1.54, 1.807) is 7.11 Å². The topological polar surface area (TPSA) is 14.2 Å². The van der Waals surface area contributed by atoms with Crippen molar-refractivity contribution in [2.75, 3.05) is 7.11 Å². The molecule has 1 heterocycles. The molecule has 0 N–H and O–H groups in total. The lowest BCUT2D eigenvalue weighted by Crippen LogP contribution is -2.16. The van der Waals surface area contributed by atoms with Gasteiger partial charge in [0.1, 0.15) is 6.23 Å². The molecular weight excluding hydrogens is 234 g/mol. The van der Waals surface area contributed by atoms with Crippen LogP contribution in [0.15, 0.2) is 48.5 Å². The van der Waals surface area contributed by atoms with E-state index >= 15 is 0 Å². The number of benzene rings is 2. The van der Waals surface area contributed by atoms with Crippen molar-refractivity contribution in [2.45, 2.75) is 20.1 Å². The van der Waals surface area contributed by atoms with Crippen molar-refractivity contribution in [3.63, 3.8) is 0 Å². The molecule has 1 aromatic heterocycles. The number of methoxy groups -OCH3 is 1. The normalized spacial score (nSPS) is 13.5. The van der Waals surface area contributed by atoms with Crippen LogP contribution < -0.4 is 0 Å². The number of ether oxygens (including phenoxy) is 1. The Bertz CT molecular complexity index is 658. The van der Waals surface area contributed by atoms with Crippen molar-refractivity contribution in [1.82, 2.24) is 4.57 Å². The van der Waals surface area contributed by atoms with Gasteiger partial charge in [-0.1, -0.05) is 50.2 Å². The molecule has 0 fully saturated rings. The number of hydrogen-bond donors (Lipinski definition) is 0. The predicted octanol–water partition coefficient (Wildman–Crippen LogP) is 4.60. The molecule has 98 valence electrons. The molecule has 0 aliphatic carbocycles. The fourth-order valence-electron chi connectivity index (χ4n) is 2.90. The number of aromatic nitrogens is 1. The maximum Gasteiger partial charge on any atom is 0.136 e. The van der Waals surface area contributed by atoms with Gasteiger partial charge in [0.05, 0.1) is 11.0 Å². The van der Waals surface area contributed by atoms with Gasteiger partial charge in [-0.3, -0.25) is 0 Å². The van der Waals surface area contributed by atoms with E-state index in [0.29, 0.717) is 5.92 Å². The van der Waals surface area contributed by atoms with E-state index in [2.05, 4.69) is 66.9 Å². The average molecular weight is 253 g/mol. The van der Waals surface area contributed by atoms with Crippen LogP contribution in [0.5, 0.6) is 0 Å². The van der Waals surface area contributed by atoms with Crippen molar-refractivity contribution in [1.29, 1.82) is 0 Å². The Morgan fingerprint density at radius 2 is 1.32 bits per heavy atom. The summed E-state index contributed by atoms with van der Waals surface area (Å²) in [4.78, 5) is 0. The van der Waals surface area contributed by atoms with E-state index in [4.69, 9.17) is 4.74 Å². The Morgan fingerprint density at radius 3 is 1.74 bits per heavy atom. The van der Waals surface area contributed by atoms with Crippen molar-refractivity contribution in [3.05, 3.63) is 48.5 Å². The summed E-state index contributed by atoms with van der Waals surface area (Å²) in [6, 6.07) is 17.1. The van der Waals surface area contributed by atoms with Crippen molar-refractivity contribution in [2.24, 2.45) is 5.92 Å². The van der Waals surface area contributed by atoms with Crippen LogP contribution in [-0.2, 0) is 4.74 Å².